The van der Waals surface area contributed by atoms with E-state index in [4.69, 9.17) is 16.0 Å². The quantitative estimate of drug-likeness (QED) is 0.305. The second kappa shape index (κ2) is 9.32. The molecule has 0 bridgehead atoms. The molecule has 1 N–H and O–H groups in total. The number of nitrogens with zero attached hydrogens (tertiary/aromatic N) is 1. The molecule has 0 spiro atoms. The van der Waals surface area contributed by atoms with Crippen LogP contribution >= 0.6 is 23.4 Å². The molecule has 0 atom stereocenters. The van der Waals surface area contributed by atoms with E-state index in [1.807, 2.05) is 61.5 Å². The number of nitrogens with one attached hydrogen (secondary N) is 1. The van der Waals surface area contributed by atoms with Gasteiger partial charge in [-0.2, -0.15) is 5.26 Å². The van der Waals surface area contributed by atoms with E-state index in [9.17, 15) is 10.1 Å². The Kier molecular flexibility index (Phi) is 6.59. The molecule has 0 unspecified atom stereocenters. The number of thioether (sulfide) groups is 1. The molecule has 3 aromatic rings. The van der Waals surface area contributed by atoms with Gasteiger partial charge in [0.05, 0.1) is 0 Å². The normalized spacial score (nSPS) is 11.1. The van der Waals surface area contributed by atoms with Gasteiger partial charge in [-0.1, -0.05) is 53.7 Å². The molecule has 0 aliphatic carbocycles. The van der Waals surface area contributed by atoms with Crippen molar-refractivity contribution < 1.29 is 9.21 Å². The number of benzene rings is 2. The fourth-order valence-corrected chi connectivity index (χ4v) is 3.37. The fourth-order valence-electron chi connectivity index (χ4n) is 2.42. The van der Waals surface area contributed by atoms with Crippen molar-refractivity contribution >= 4 is 41.0 Å². The molecule has 6 heteroatoms. The average molecular weight is 409 g/mol. The number of aryl methyl sites for hydroxylation is 1. The maximum atomic E-state index is 12.4. The van der Waals surface area contributed by atoms with E-state index in [1.165, 1.54) is 17.8 Å². The first-order valence-electron chi connectivity index (χ1n) is 8.51. The molecule has 0 saturated heterocycles. The minimum Gasteiger partial charge on any atom is -0.450 e. The van der Waals surface area contributed by atoms with Crippen molar-refractivity contribution in [2.24, 2.45) is 0 Å². The van der Waals surface area contributed by atoms with Crippen LogP contribution in [0.1, 0.15) is 16.9 Å². The van der Waals surface area contributed by atoms with E-state index in [-0.39, 0.29) is 5.57 Å². The van der Waals surface area contributed by atoms with Crippen molar-refractivity contribution in [3.05, 3.63) is 88.1 Å². The Hall–Kier alpha value is -2.94. The first-order valence-corrected chi connectivity index (χ1v) is 9.87. The predicted octanol–water partition coefficient (Wildman–Crippen LogP) is 6.08. The average Bonchev–Trinajstić information content (AvgIpc) is 3.15. The number of amides is 1. The largest absolute Gasteiger partial charge is 0.450 e. The number of nitriles is 1. The number of furan rings is 1. The Balaban J connectivity index is 1.66. The lowest BCUT2D eigenvalue weighted by Gasteiger charge is -2.06. The van der Waals surface area contributed by atoms with E-state index in [0.717, 1.165) is 16.9 Å². The van der Waals surface area contributed by atoms with Gasteiger partial charge in [0, 0.05) is 22.5 Å². The number of rotatable bonds is 6. The molecular weight excluding hydrogens is 392 g/mol. The number of carbonyl (C=O) groups is 1. The number of halogens is 1. The lowest BCUT2D eigenvalue weighted by molar-refractivity contribution is -0.112. The van der Waals surface area contributed by atoms with Gasteiger partial charge in [-0.15, -0.1) is 0 Å². The molecule has 0 aliphatic heterocycles. The second-order valence-electron chi connectivity index (χ2n) is 6.01. The number of hydrogen-bond acceptors (Lipinski definition) is 4. The first-order chi connectivity index (χ1) is 13.5. The summed E-state index contributed by atoms with van der Waals surface area (Å²) in [5.41, 5.74) is 2.70. The third-order valence-corrected chi connectivity index (χ3v) is 5.17. The smallest absolute Gasteiger partial charge is 0.266 e. The molecule has 28 heavy (non-hydrogen) atoms. The first kappa shape index (κ1) is 19.8. The zero-order valence-corrected chi connectivity index (χ0v) is 16.7. The zero-order valence-electron chi connectivity index (χ0n) is 15.1. The van der Waals surface area contributed by atoms with Gasteiger partial charge in [0.2, 0.25) is 0 Å². The van der Waals surface area contributed by atoms with Crippen molar-refractivity contribution in [1.29, 1.82) is 5.26 Å². The summed E-state index contributed by atoms with van der Waals surface area (Å²) in [6.45, 7) is 1.89. The van der Waals surface area contributed by atoms with Gasteiger partial charge in [-0.3, -0.25) is 4.79 Å². The highest BCUT2D eigenvalue weighted by Gasteiger charge is 2.12. The molecule has 0 fully saturated rings. The third-order valence-electron chi connectivity index (χ3n) is 3.94. The highest BCUT2D eigenvalue weighted by molar-refractivity contribution is 7.98. The molecule has 1 aromatic heterocycles. The minimum absolute atomic E-state index is 0.0214. The van der Waals surface area contributed by atoms with Gasteiger partial charge in [0.1, 0.15) is 17.4 Å². The van der Waals surface area contributed by atoms with Crippen LogP contribution in [0, 0.1) is 18.3 Å². The summed E-state index contributed by atoms with van der Waals surface area (Å²) < 4.78 is 5.71. The molecule has 1 amide bonds. The van der Waals surface area contributed by atoms with Crippen LogP contribution < -0.4 is 5.32 Å². The minimum atomic E-state index is -0.469. The lowest BCUT2D eigenvalue weighted by atomic mass is 10.2. The Morgan fingerprint density at radius 3 is 2.64 bits per heavy atom. The third kappa shape index (κ3) is 5.29. The van der Waals surface area contributed by atoms with Gasteiger partial charge in [-0.05, 0) is 48.4 Å². The molecule has 3 rings (SSSR count). The Morgan fingerprint density at radius 1 is 1.18 bits per heavy atom. The van der Waals surface area contributed by atoms with Gasteiger partial charge in [0.15, 0.2) is 5.09 Å². The molecule has 0 saturated carbocycles. The molecule has 0 aliphatic rings. The number of carbonyl (C=O) groups excluding carboxylic acids is 1. The van der Waals surface area contributed by atoms with E-state index in [0.29, 0.717) is 21.6 Å². The molecule has 2 aromatic carbocycles. The van der Waals surface area contributed by atoms with E-state index >= 15 is 0 Å². The van der Waals surface area contributed by atoms with Crippen molar-refractivity contribution in [2.75, 3.05) is 5.32 Å². The summed E-state index contributed by atoms with van der Waals surface area (Å²) in [6, 6.07) is 20.5. The van der Waals surface area contributed by atoms with Crippen LogP contribution in [-0.4, -0.2) is 5.91 Å². The maximum absolute atomic E-state index is 12.4. The van der Waals surface area contributed by atoms with Gasteiger partial charge >= 0.3 is 0 Å². The van der Waals surface area contributed by atoms with Crippen molar-refractivity contribution in [1.82, 2.24) is 0 Å². The van der Waals surface area contributed by atoms with Gasteiger partial charge in [0.25, 0.3) is 5.91 Å². The van der Waals surface area contributed by atoms with E-state index < -0.39 is 5.91 Å². The molecular formula is C22H17ClN2O2S. The highest BCUT2D eigenvalue weighted by atomic mass is 35.5. The maximum Gasteiger partial charge on any atom is 0.266 e. The predicted molar refractivity (Wildman–Crippen MR) is 113 cm³/mol. The zero-order chi connectivity index (χ0) is 19.9. The van der Waals surface area contributed by atoms with Crippen molar-refractivity contribution in [2.45, 2.75) is 17.8 Å². The number of anilines is 1. The van der Waals surface area contributed by atoms with Crippen LogP contribution in [0.25, 0.3) is 6.08 Å². The summed E-state index contributed by atoms with van der Waals surface area (Å²) in [6.07, 6.45) is 1.44. The Morgan fingerprint density at radius 2 is 1.93 bits per heavy atom. The van der Waals surface area contributed by atoms with Crippen molar-refractivity contribution in [3.8, 4) is 6.07 Å². The SMILES string of the molecule is Cc1ccccc1NC(=O)/C(C#N)=C/c1ccc(SCc2ccc(Cl)cc2)o1. The van der Waals surface area contributed by atoms with Crippen molar-refractivity contribution in [3.63, 3.8) is 0 Å². The fraction of sp³-hybridized carbons (Fsp3) is 0.0909. The van der Waals surface area contributed by atoms with Gasteiger partial charge in [-0.25, -0.2) is 0 Å². The standard InChI is InChI=1S/C22H17ClN2O2S/c1-15-4-2-3-5-20(15)25-22(26)17(13-24)12-19-10-11-21(27-19)28-14-16-6-8-18(23)9-7-16/h2-12H,14H2,1H3,(H,25,26)/b17-12+. The lowest BCUT2D eigenvalue weighted by Crippen LogP contribution is -2.14. The van der Waals surface area contributed by atoms with Crippen LogP contribution in [0.3, 0.4) is 0 Å². The summed E-state index contributed by atoms with van der Waals surface area (Å²) >= 11 is 7.41. The molecule has 1 heterocycles. The summed E-state index contributed by atoms with van der Waals surface area (Å²) in [4.78, 5) is 12.4. The van der Waals surface area contributed by atoms with E-state index in [1.54, 1.807) is 12.1 Å². The topological polar surface area (TPSA) is 66.0 Å². The Bertz CT molecular complexity index is 1050. The van der Waals surface area contributed by atoms with Crippen LogP contribution in [0.4, 0.5) is 5.69 Å². The van der Waals surface area contributed by atoms with Gasteiger partial charge < -0.3 is 9.73 Å². The monoisotopic (exact) mass is 408 g/mol. The van der Waals surface area contributed by atoms with Crippen LogP contribution in [0.5, 0.6) is 0 Å². The molecule has 4 nitrogen and oxygen atoms in total. The number of para-hydroxylation sites is 1. The van der Waals surface area contributed by atoms with Crippen LogP contribution in [-0.2, 0) is 10.5 Å². The van der Waals surface area contributed by atoms with Crippen LogP contribution in [0.2, 0.25) is 5.02 Å². The Labute approximate surface area is 172 Å². The molecule has 140 valence electrons. The summed E-state index contributed by atoms with van der Waals surface area (Å²) in [5.74, 6) is 0.714. The van der Waals surface area contributed by atoms with E-state index in [2.05, 4.69) is 5.32 Å². The second-order valence-corrected chi connectivity index (χ2v) is 7.43. The highest BCUT2D eigenvalue weighted by Crippen LogP contribution is 2.26. The summed E-state index contributed by atoms with van der Waals surface area (Å²) in [5, 5.41) is 13.5. The van der Waals surface area contributed by atoms with Crippen LogP contribution in [0.15, 0.2) is 75.7 Å². The summed E-state index contributed by atoms with van der Waals surface area (Å²) in [7, 11) is 0. The number of hydrogen-bond donors (Lipinski definition) is 1. The molecule has 0 radical (unpaired) electrons.